The summed E-state index contributed by atoms with van der Waals surface area (Å²) in [5, 5.41) is 0. The van der Waals surface area contributed by atoms with Crippen molar-refractivity contribution in [3.8, 4) is 0 Å². The van der Waals surface area contributed by atoms with E-state index in [1.165, 1.54) is 167 Å². The monoisotopic (exact) mass is 608 g/mol. The zero-order valence-electron chi connectivity index (χ0n) is 29.3. The number of hydrogen-bond donors (Lipinski definition) is 0. The maximum absolute atomic E-state index is 12.1. The lowest BCUT2D eigenvalue weighted by atomic mass is 10.0. The van der Waals surface area contributed by atoms with Crippen LogP contribution < -0.4 is 0 Å². The molecule has 0 saturated carbocycles. The van der Waals surface area contributed by atoms with Crippen LogP contribution in [0.2, 0.25) is 0 Å². The molecule has 4 nitrogen and oxygen atoms in total. The average molecular weight is 608 g/mol. The van der Waals surface area contributed by atoms with Crippen LogP contribution in [0.3, 0.4) is 0 Å². The van der Waals surface area contributed by atoms with E-state index in [1.807, 2.05) is 0 Å². The SMILES string of the molecule is [CH2][C@@H](COC(=O)CCCCCCCCCCCCCCCCC)OC(=O)CCCCCCCCCCCCCCCCC. The van der Waals surface area contributed by atoms with E-state index < -0.39 is 6.10 Å². The molecule has 0 aromatic rings. The fourth-order valence-electron chi connectivity index (χ4n) is 5.82. The van der Waals surface area contributed by atoms with E-state index in [0.717, 1.165) is 25.7 Å². The first-order valence-corrected chi connectivity index (χ1v) is 19.3. The first-order chi connectivity index (χ1) is 21.1. The highest BCUT2D eigenvalue weighted by atomic mass is 16.6. The maximum atomic E-state index is 12.1. The Morgan fingerprint density at radius 3 is 0.977 bits per heavy atom. The molecule has 0 spiro atoms. The van der Waals surface area contributed by atoms with E-state index in [-0.39, 0.29) is 18.5 Å². The fraction of sp³-hybridized carbons (Fsp3) is 0.923. The van der Waals surface area contributed by atoms with Crippen molar-refractivity contribution in [1.82, 2.24) is 0 Å². The van der Waals surface area contributed by atoms with Crippen molar-refractivity contribution in [2.45, 2.75) is 225 Å². The minimum Gasteiger partial charge on any atom is -0.462 e. The van der Waals surface area contributed by atoms with E-state index in [1.54, 1.807) is 0 Å². The summed E-state index contributed by atoms with van der Waals surface area (Å²) in [4.78, 5) is 24.1. The average Bonchev–Trinajstić information content (AvgIpc) is 3.00. The molecule has 0 N–H and O–H groups in total. The second-order valence-electron chi connectivity index (χ2n) is 13.2. The molecule has 0 aliphatic rings. The van der Waals surface area contributed by atoms with Gasteiger partial charge in [-0.1, -0.05) is 194 Å². The summed E-state index contributed by atoms with van der Waals surface area (Å²) in [6.45, 7) is 8.44. The van der Waals surface area contributed by atoms with Gasteiger partial charge in [0.15, 0.2) is 0 Å². The van der Waals surface area contributed by atoms with Crippen LogP contribution in [-0.4, -0.2) is 24.6 Å². The maximum Gasteiger partial charge on any atom is 0.306 e. The van der Waals surface area contributed by atoms with Gasteiger partial charge < -0.3 is 9.47 Å². The zero-order chi connectivity index (χ0) is 31.5. The molecule has 1 radical (unpaired) electrons. The van der Waals surface area contributed by atoms with Gasteiger partial charge in [-0.3, -0.25) is 9.59 Å². The number of rotatable bonds is 35. The normalized spacial score (nSPS) is 12.0. The van der Waals surface area contributed by atoms with Crippen LogP contribution in [0.1, 0.15) is 219 Å². The Morgan fingerprint density at radius 2 is 0.674 bits per heavy atom. The second-order valence-corrected chi connectivity index (χ2v) is 13.2. The third-order valence-electron chi connectivity index (χ3n) is 8.70. The third kappa shape index (κ3) is 35.3. The van der Waals surface area contributed by atoms with Crippen molar-refractivity contribution in [2.75, 3.05) is 6.61 Å². The molecule has 0 heterocycles. The summed E-state index contributed by atoms with van der Waals surface area (Å²) in [6, 6.07) is 0. The molecule has 43 heavy (non-hydrogen) atoms. The first kappa shape index (κ1) is 41.9. The molecule has 0 bridgehead atoms. The van der Waals surface area contributed by atoms with Gasteiger partial charge in [0.25, 0.3) is 0 Å². The Hall–Kier alpha value is -1.06. The highest BCUT2D eigenvalue weighted by molar-refractivity contribution is 5.70. The largest absolute Gasteiger partial charge is 0.462 e. The number of ether oxygens (including phenoxy) is 2. The van der Waals surface area contributed by atoms with Crippen LogP contribution in [0.15, 0.2) is 0 Å². The minimum atomic E-state index is -0.617. The summed E-state index contributed by atoms with van der Waals surface area (Å²) < 4.78 is 10.6. The number of hydrogen-bond acceptors (Lipinski definition) is 4. The van der Waals surface area contributed by atoms with E-state index in [0.29, 0.717) is 12.8 Å². The summed E-state index contributed by atoms with van der Waals surface area (Å²) in [6.07, 6.45) is 39.5. The van der Waals surface area contributed by atoms with Crippen LogP contribution in [0.4, 0.5) is 0 Å². The van der Waals surface area contributed by atoms with Crippen LogP contribution in [0.5, 0.6) is 0 Å². The predicted molar refractivity (Wildman–Crippen MR) is 185 cm³/mol. The molecule has 255 valence electrons. The van der Waals surface area contributed by atoms with Gasteiger partial charge in [-0.05, 0) is 19.8 Å². The van der Waals surface area contributed by atoms with Gasteiger partial charge in [-0.15, -0.1) is 0 Å². The highest BCUT2D eigenvalue weighted by Gasteiger charge is 2.12. The smallest absolute Gasteiger partial charge is 0.306 e. The number of esters is 2. The Bertz CT molecular complexity index is 576. The van der Waals surface area contributed by atoms with Crippen molar-refractivity contribution >= 4 is 11.9 Å². The molecule has 0 aromatic carbocycles. The van der Waals surface area contributed by atoms with Crippen molar-refractivity contribution < 1.29 is 19.1 Å². The van der Waals surface area contributed by atoms with Crippen LogP contribution in [0.25, 0.3) is 0 Å². The molecular weight excluding hydrogens is 532 g/mol. The number of carbonyl (C=O) groups is 2. The lowest BCUT2D eigenvalue weighted by Crippen LogP contribution is -2.22. The molecule has 0 unspecified atom stereocenters. The Labute approximate surface area is 269 Å². The summed E-state index contributed by atoms with van der Waals surface area (Å²) in [5.74, 6) is -0.435. The Morgan fingerprint density at radius 1 is 0.419 bits per heavy atom. The first-order valence-electron chi connectivity index (χ1n) is 19.3. The van der Waals surface area contributed by atoms with Crippen LogP contribution >= 0.6 is 0 Å². The number of unbranched alkanes of at least 4 members (excludes halogenated alkanes) is 28. The van der Waals surface area contributed by atoms with Crippen molar-refractivity contribution in [3.63, 3.8) is 0 Å². The van der Waals surface area contributed by atoms with Gasteiger partial charge >= 0.3 is 11.9 Å². The highest BCUT2D eigenvalue weighted by Crippen LogP contribution is 2.15. The third-order valence-corrected chi connectivity index (χ3v) is 8.70. The Balaban J connectivity index is 3.38. The van der Waals surface area contributed by atoms with E-state index in [9.17, 15) is 9.59 Å². The lowest BCUT2D eigenvalue weighted by molar-refractivity contribution is -0.156. The molecule has 0 aliphatic carbocycles. The van der Waals surface area contributed by atoms with Gasteiger partial charge in [0.05, 0.1) is 0 Å². The van der Waals surface area contributed by atoms with E-state index in [2.05, 4.69) is 20.8 Å². The topological polar surface area (TPSA) is 52.6 Å². The van der Waals surface area contributed by atoms with Crippen molar-refractivity contribution in [1.29, 1.82) is 0 Å². The Kier molecular flexibility index (Phi) is 34.5. The lowest BCUT2D eigenvalue weighted by Gasteiger charge is -2.13. The quantitative estimate of drug-likeness (QED) is 0.0531. The van der Waals surface area contributed by atoms with Crippen molar-refractivity contribution in [3.05, 3.63) is 6.92 Å². The van der Waals surface area contributed by atoms with Gasteiger partial charge in [0, 0.05) is 12.8 Å². The van der Waals surface area contributed by atoms with Gasteiger partial charge in [-0.25, -0.2) is 0 Å². The fourth-order valence-corrected chi connectivity index (χ4v) is 5.82. The van der Waals surface area contributed by atoms with E-state index in [4.69, 9.17) is 9.47 Å². The van der Waals surface area contributed by atoms with Gasteiger partial charge in [-0.2, -0.15) is 0 Å². The summed E-state index contributed by atoms with van der Waals surface area (Å²) >= 11 is 0. The van der Waals surface area contributed by atoms with Crippen molar-refractivity contribution in [2.24, 2.45) is 0 Å². The van der Waals surface area contributed by atoms with Gasteiger partial charge in [0.2, 0.25) is 0 Å². The standard InChI is InChI=1S/C39H75O4/c1-4-6-8-10-12-14-16-18-20-22-24-26-28-30-32-34-38(40)42-36-37(3)43-39(41)35-33-31-29-27-25-23-21-19-17-15-13-11-9-7-5-2/h37H,3-36H2,1-2H3/t37-/m0/s1. The predicted octanol–water partition coefficient (Wildman–Crippen LogP) is 12.8. The molecule has 4 heteroatoms. The van der Waals surface area contributed by atoms with Crippen LogP contribution in [-0.2, 0) is 19.1 Å². The molecule has 0 saturated heterocycles. The zero-order valence-corrected chi connectivity index (χ0v) is 29.3. The molecule has 0 fully saturated rings. The van der Waals surface area contributed by atoms with Crippen LogP contribution in [0, 0.1) is 6.92 Å². The summed E-state index contributed by atoms with van der Waals surface area (Å²) in [7, 11) is 0. The molecule has 0 aromatic heterocycles. The number of carbonyl (C=O) groups excluding carboxylic acids is 2. The van der Waals surface area contributed by atoms with E-state index >= 15 is 0 Å². The molecule has 0 rings (SSSR count). The molecule has 0 amide bonds. The van der Waals surface area contributed by atoms with Gasteiger partial charge in [0.1, 0.15) is 12.7 Å². The molecule has 1 atom stereocenters. The molecule has 0 aliphatic heterocycles. The summed E-state index contributed by atoms with van der Waals surface area (Å²) in [5.41, 5.74) is 0. The second kappa shape index (κ2) is 35.4. The minimum absolute atomic E-state index is 0.0577. The molecular formula is C39H75O4.